The fourth-order valence-corrected chi connectivity index (χ4v) is 2.46. The van der Waals surface area contributed by atoms with Crippen LogP contribution < -0.4 is 10.1 Å². The third-order valence-corrected chi connectivity index (χ3v) is 3.74. The molecule has 0 fully saturated rings. The number of benzene rings is 2. The molecule has 0 saturated carbocycles. The normalized spacial score (nSPS) is 11.0. The predicted octanol–water partition coefficient (Wildman–Crippen LogP) is 3.49. The van der Waals surface area contributed by atoms with E-state index >= 15 is 0 Å². The molecule has 2 aromatic carbocycles. The number of carbonyl (C=O) groups is 2. The summed E-state index contributed by atoms with van der Waals surface area (Å²) in [7, 11) is 0. The molecule has 5 nitrogen and oxygen atoms in total. The van der Waals surface area contributed by atoms with E-state index in [2.05, 4.69) is 26.1 Å². The molecule has 2 rings (SSSR count). The van der Waals surface area contributed by atoms with E-state index in [9.17, 15) is 9.59 Å². The summed E-state index contributed by atoms with van der Waals surface area (Å²) >= 11 is 0. The summed E-state index contributed by atoms with van der Waals surface area (Å²) in [5.74, 6) is -0.541. The van der Waals surface area contributed by atoms with Gasteiger partial charge in [0.15, 0.2) is 0 Å². The minimum atomic E-state index is -0.976. The molecule has 0 bridgehead atoms. The van der Waals surface area contributed by atoms with Gasteiger partial charge in [-0.15, -0.1) is 0 Å². The van der Waals surface area contributed by atoms with Crippen LogP contribution in [0.5, 0.6) is 5.75 Å². The number of nitrogens with one attached hydrogen (secondary N) is 1. The number of carboxylic acids is 1. The zero-order valence-electron chi connectivity index (χ0n) is 14.7. The van der Waals surface area contributed by atoms with E-state index in [1.807, 2.05) is 24.3 Å². The van der Waals surface area contributed by atoms with Gasteiger partial charge in [0, 0.05) is 5.56 Å². The standard InChI is InChI=1S/C20H23NO4/c1-20(2,3)17-7-5-4-6-16(17)18(22)21-12-13-25-15-10-8-14(9-11-15)19(23)24/h4-11H,12-13H2,1-3H3,(H,21,22)(H,23,24). The Morgan fingerprint density at radius 2 is 1.68 bits per heavy atom. The van der Waals surface area contributed by atoms with Gasteiger partial charge in [0.05, 0.1) is 12.1 Å². The van der Waals surface area contributed by atoms with Crippen LogP contribution in [-0.4, -0.2) is 30.1 Å². The monoisotopic (exact) mass is 341 g/mol. The van der Waals surface area contributed by atoms with E-state index in [4.69, 9.17) is 9.84 Å². The SMILES string of the molecule is CC(C)(C)c1ccccc1C(=O)NCCOc1ccc(C(=O)O)cc1. The number of amides is 1. The second-order valence-electron chi connectivity index (χ2n) is 6.73. The minimum absolute atomic E-state index is 0.115. The van der Waals surface area contributed by atoms with Crippen LogP contribution in [0.2, 0.25) is 0 Å². The number of carboxylic acid groups (broad SMARTS) is 1. The average Bonchev–Trinajstić information content (AvgIpc) is 2.58. The van der Waals surface area contributed by atoms with Crippen LogP contribution in [0.15, 0.2) is 48.5 Å². The van der Waals surface area contributed by atoms with E-state index in [1.165, 1.54) is 12.1 Å². The first-order valence-corrected chi connectivity index (χ1v) is 8.13. The molecule has 2 aromatic rings. The second kappa shape index (κ2) is 7.83. The largest absolute Gasteiger partial charge is 0.492 e. The number of hydrogen-bond acceptors (Lipinski definition) is 3. The van der Waals surface area contributed by atoms with Gasteiger partial charge in [0.1, 0.15) is 12.4 Å². The lowest BCUT2D eigenvalue weighted by Gasteiger charge is -2.22. The molecule has 0 unspecified atom stereocenters. The van der Waals surface area contributed by atoms with Gasteiger partial charge in [-0.05, 0) is 41.3 Å². The molecular weight excluding hydrogens is 318 g/mol. The highest BCUT2D eigenvalue weighted by Gasteiger charge is 2.20. The van der Waals surface area contributed by atoms with Crippen LogP contribution in [0.25, 0.3) is 0 Å². The molecule has 0 aliphatic carbocycles. The van der Waals surface area contributed by atoms with Crippen molar-refractivity contribution in [2.45, 2.75) is 26.2 Å². The molecule has 0 heterocycles. The van der Waals surface area contributed by atoms with Crippen LogP contribution in [0.4, 0.5) is 0 Å². The Kier molecular flexibility index (Phi) is 5.80. The lowest BCUT2D eigenvalue weighted by Crippen LogP contribution is -2.30. The smallest absolute Gasteiger partial charge is 0.335 e. The maximum atomic E-state index is 12.4. The third kappa shape index (κ3) is 5.08. The highest BCUT2D eigenvalue weighted by atomic mass is 16.5. The summed E-state index contributed by atoms with van der Waals surface area (Å²) in [5.41, 5.74) is 1.76. The molecule has 0 saturated heterocycles. The molecule has 2 N–H and O–H groups in total. The van der Waals surface area contributed by atoms with Crippen LogP contribution in [0.1, 0.15) is 47.1 Å². The summed E-state index contributed by atoms with van der Waals surface area (Å²) in [4.78, 5) is 23.2. The molecule has 0 aliphatic heterocycles. The first-order valence-electron chi connectivity index (χ1n) is 8.13. The van der Waals surface area contributed by atoms with Crippen molar-refractivity contribution in [3.8, 4) is 5.75 Å². The Morgan fingerprint density at radius 1 is 1.04 bits per heavy atom. The molecule has 25 heavy (non-hydrogen) atoms. The lowest BCUT2D eigenvalue weighted by molar-refractivity contribution is 0.0696. The fourth-order valence-electron chi connectivity index (χ4n) is 2.46. The van der Waals surface area contributed by atoms with E-state index in [0.717, 1.165) is 5.56 Å². The van der Waals surface area contributed by atoms with Crippen molar-refractivity contribution in [3.05, 3.63) is 65.2 Å². The van der Waals surface area contributed by atoms with Crippen LogP contribution in [0, 0.1) is 0 Å². The molecule has 0 aliphatic rings. The Hall–Kier alpha value is -2.82. The highest BCUT2D eigenvalue weighted by molar-refractivity contribution is 5.96. The Balaban J connectivity index is 1.88. The van der Waals surface area contributed by atoms with E-state index < -0.39 is 5.97 Å². The van der Waals surface area contributed by atoms with Gasteiger partial charge in [0.25, 0.3) is 5.91 Å². The highest BCUT2D eigenvalue weighted by Crippen LogP contribution is 2.25. The number of carbonyl (C=O) groups excluding carboxylic acids is 1. The number of ether oxygens (including phenoxy) is 1. The second-order valence-corrected chi connectivity index (χ2v) is 6.73. The van der Waals surface area contributed by atoms with Crippen LogP contribution in [0.3, 0.4) is 0 Å². The van der Waals surface area contributed by atoms with Crippen molar-refractivity contribution in [2.24, 2.45) is 0 Å². The van der Waals surface area contributed by atoms with Crippen molar-refractivity contribution in [2.75, 3.05) is 13.2 Å². The lowest BCUT2D eigenvalue weighted by atomic mass is 9.83. The van der Waals surface area contributed by atoms with Gasteiger partial charge in [-0.1, -0.05) is 39.0 Å². The minimum Gasteiger partial charge on any atom is -0.492 e. The summed E-state index contributed by atoms with van der Waals surface area (Å²) in [6, 6.07) is 13.7. The predicted molar refractivity (Wildman–Crippen MR) is 96.4 cm³/mol. The van der Waals surface area contributed by atoms with Crippen molar-refractivity contribution >= 4 is 11.9 Å². The maximum Gasteiger partial charge on any atom is 0.335 e. The zero-order chi connectivity index (χ0) is 18.4. The number of aromatic carboxylic acids is 1. The maximum absolute atomic E-state index is 12.4. The Labute approximate surface area is 147 Å². The molecular formula is C20H23NO4. The summed E-state index contributed by atoms with van der Waals surface area (Å²) in [5, 5.41) is 11.7. The van der Waals surface area contributed by atoms with Crippen molar-refractivity contribution in [3.63, 3.8) is 0 Å². The Bertz CT molecular complexity index is 745. The fraction of sp³-hybridized carbons (Fsp3) is 0.300. The molecule has 5 heteroatoms. The number of rotatable bonds is 6. The Morgan fingerprint density at radius 3 is 2.28 bits per heavy atom. The quantitative estimate of drug-likeness (QED) is 0.789. The summed E-state index contributed by atoms with van der Waals surface area (Å²) in [6.07, 6.45) is 0. The molecule has 0 radical (unpaired) electrons. The van der Waals surface area contributed by atoms with Crippen LogP contribution >= 0.6 is 0 Å². The van der Waals surface area contributed by atoms with Gasteiger partial charge < -0.3 is 15.2 Å². The molecule has 1 amide bonds. The molecule has 132 valence electrons. The number of hydrogen-bond donors (Lipinski definition) is 2. The van der Waals surface area contributed by atoms with E-state index in [1.54, 1.807) is 12.1 Å². The van der Waals surface area contributed by atoms with Gasteiger partial charge in [-0.2, -0.15) is 0 Å². The van der Waals surface area contributed by atoms with Crippen molar-refractivity contribution in [1.82, 2.24) is 5.32 Å². The zero-order valence-corrected chi connectivity index (χ0v) is 14.7. The third-order valence-electron chi connectivity index (χ3n) is 3.74. The van der Waals surface area contributed by atoms with Gasteiger partial charge in [-0.25, -0.2) is 4.79 Å². The first kappa shape index (κ1) is 18.5. The van der Waals surface area contributed by atoms with E-state index in [-0.39, 0.29) is 16.9 Å². The van der Waals surface area contributed by atoms with Crippen molar-refractivity contribution < 1.29 is 19.4 Å². The van der Waals surface area contributed by atoms with E-state index in [0.29, 0.717) is 24.5 Å². The molecule has 0 atom stereocenters. The van der Waals surface area contributed by atoms with Gasteiger partial charge in [-0.3, -0.25) is 4.79 Å². The van der Waals surface area contributed by atoms with Gasteiger partial charge in [0.2, 0.25) is 0 Å². The molecule has 0 aromatic heterocycles. The summed E-state index contributed by atoms with van der Waals surface area (Å²) < 4.78 is 5.52. The average molecular weight is 341 g/mol. The van der Waals surface area contributed by atoms with Crippen LogP contribution in [-0.2, 0) is 5.41 Å². The van der Waals surface area contributed by atoms with Gasteiger partial charge >= 0.3 is 5.97 Å². The first-order chi connectivity index (χ1) is 11.8. The topological polar surface area (TPSA) is 75.6 Å². The summed E-state index contributed by atoms with van der Waals surface area (Å²) in [6.45, 7) is 6.88. The molecule has 0 spiro atoms. The van der Waals surface area contributed by atoms with Crippen molar-refractivity contribution in [1.29, 1.82) is 0 Å².